The highest BCUT2D eigenvalue weighted by Gasteiger charge is 2.42. The molecule has 0 aliphatic heterocycles. The second-order valence-corrected chi connectivity index (χ2v) is 4.78. The molecule has 16 heavy (non-hydrogen) atoms. The summed E-state index contributed by atoms with van der Waals surface area (Å²) in [5, 5.41) is 2.93. The van der Waals surface area contributed by atoms with Crippen molar-refractivity contribution in [1.29, 1.82) is 0 Å². The number of aromatic nitrogens is 1. The van der Waals surface area contributed by atoms with Gasteiger partial charge in [-0.15, -0.1) is 0 Å². The molecule has 1 fully saturated rings. The minimum absolute atomic E-state index is 0.128. The highest BCUT2D eigenvalue weighted by Crippen LogP contribution is 2.49. The maximum Gasteiger partial charge on any atom is 0.220 e. The SMILES string of the molecule is O=C(CC1(CS)CC1)NCc1ccncc1. The van der Waals surface area contributed by atoms with Crippen molar-refractivity contribution in [3.05, 3.63) is 30.1 Å². The monoisotopic (exact) mass is 236 g/mol. The first kappa shape index (κ1) is 11.5. The molecule has 4 heteroatoms. The van der Waals surface area contributed by atoms with Crippen molar-refractivity contribution in [2.45, 2.75) is 25.8 Å². The quantitative estimate of drug-likeness (QED) is 0.765. The van der Waals surface area contributed by atoms with Gasteiger partial charge in [0.1, 0.15) is 0 Å². The van der Waals surface area contributed by atoms with Crippen LogP contribution in [0.15, 0.2) is 24.5 Å². The van der Waals surface area contributed by atoms with Crippen molar-refractivity contribution >= 4 is 18.5 Å². The third-order valence-electron chi connectivity index (χ3n) is 3.07. The van der Waals surface area contributed by atoms with Crippen LogP contribution in [0.1, 0.15) is 24.8 Å². The Morgan fingerprint density at radius 3 is 2.69 bits per heavy atom. The maximum atomic E-state index is 11.7. The molecule has 1 amide bonds. The van der Waals surface area contributed by atoms with E-state index in [0.717, 1.165) is 24.2 Å². The lowest BCUT2D eigenvalue weighted by Crippen LogP contribution is -2.26. The highest BCUT2D eigenvalue weighted by molar-refractivity contribution is 7.80. The zero-order valence-corrected chi connectivity index (χ0v) is 10.0. The molecule has 0 radical (unpaired) electrons. The van der Waals surface area contributed by atoms with E-state index in [9.17, 15) is 4.79 Å². The lowest BCUT2D eigenvalue weighted by Gasteiger charge is -2.11. The molecule has 86 valence electrons. The van der Waals surface area contributed by atoms with Gasteiger partial charge < -0.3 is 5.32 Å². The molecule has 1 saturated carbocycles. The first-order chi connectivity index (χ1) is 7.74. The second-order valence-electron chi connectivity index (χ2n) is 4.47. The van der Waals surface area contributed by atoms with E-state index < -0.39 is 0 Å². The van der Waals surface area contributed by atoms with Crippen molar-refractivity contribution in [3.63, 3.8) is 0 Å². The van der Waals surface area contributed by atoms with Gasteiger partial charge in [-0.1, -0.05) is 0 Å². The van der Waals surface area contributed by atoms with E-state index in [1.165, 1.54) is 0 Å². The lowest BCUT2D eigenvalue weighted by molar-refractivity contribution is -0.122. The zero-order chi connectivity index (χ0) is 11.4. The van der Waals surface area contributed by atoms with Crippen LogP contribution in [-0.4, -0.2) is 16.6 Å². The summed E-state index contributed by atoms with van der Waals surface area (Å²) >= 11 is 4.29. The molecule has 0 unspecified atom stereocenters. The normalized spacial score (nSPS) is 16.8. The number of pyridine rings is 1. The van der Waals surface area contributed by atoms with E-state index in [1.54, 1.807) is 12.4 Å². The first-order valence-corrected chi connectivity index (χ1v) is 6.14. The number of hydrogen-bond donors (Lipinski definition) is 2. The van der Waals surface area contributed by atoms with Crippen LogP contribution in [0.5, 0.6) is 0 Å². The Labute approximate surface area is 101 Å². The van der Waals surface area contributed by atoms with Gasteiger partial charge in [-0.3, -0.25) is 9.78 Å². The predicted molar refractivity (Wildman–Crippen MR) is 66.2 cm³/mol. The molecule has 0 atom stereocenters. The van der Waals surface area contributed by atoms with Gasteiger partial charge in [0.15, 0.2) is 0 Å². The molecule has 1 aliphatic rings. The van der Waals surface area contributed by atoms with Crippen LogP contribution < -0.4 is 5.32 Å². The second kappa shape index (κ2) is 4.87. The van der Waals surface area contributed by atoms with Gasteiger partial charge in [-0.05, 0) is 41.7 Å². The van der Waals surface area contributed by atoms with Crippen LogP contribution in [0.25, 0.3) is 0 Å². The molecule has 0 bridgehead atoms. The average Bonchev–Trinajstić information content (AvgIpc) is 3.08. The molecule has 1 heterocycles. The fourth-order valence-electron chi connectivity index (χ4n) is 1.67. The Morgan fingerprint density at radius 1 is 1.44 bits per heavy atom. The number of nitrogens with zero attached hydrogens (tertiary/aromatic N) is 1. The topological polar surface area (TPSA) is 42.0 Å². The number of hydrogen-bond acceptors (Lipinski definition) is 3. The van der Waals surface area contributed by atoms with E-state index >= 15 is 0 Å². The third-order valence-corrected chi connectivity index (χ3v) is 3.74. The maximum absolute atomic E-state index is 11.7. The lowest BCUT2D eigenvalue weighted by atomic mass is 10.1. The van der Waals surface area contributed by atoms with Gasteiger partial charge in [0.05, 0.1) is 0 Å². The van der Waals surface area contributed by atoms with Crippen LogP contribution in [0.3, 0.4) is 0 Å². The number of thiol groups is 1. The Bertz CT molecular complexity index is 363. The molecule has 1 aromatic rings. The standard InChI is InChI=1S/C12H16N2OS/c15-11(7-12(9-16)3-4-12)14-8-10-1-5-13-6-2-10/h1-2,5-6,16H,3-4,7-9H2,(H,14,15). The highest BCUT2D eigenvalue weighted by atomic mass is 32.1. The van der Waals surface area contributed by atoms with E-state index in [-0.39, 0.29) is 11.3 Å². The van der Waals surface area contributed by atoms with E-state index in [1.807, 2.05) is 12.1 Å². The summed E-state index contributed by atoms with van der Waals surface area (Å²) in [5.74, 6) is 0.943. The first-order valence-electron chi connectivity index (χ1n) is 5.51. The van der Waals surface area contributed by atoms with E-state index in [2.05, 4.69) is 22.9 Å². The minimum Gasteiger partial charge on any atom is -0.352 e. The molecular formula is C12H16N2OS. The number of rotatable bonds is 5. The van der Waals surface area contributed by atoms with Crippen LogP contribution in [0, 0.1) is 5.41 Å². The molecule has 2 rings (SSSR count). The molecule has 0 spiro atoms. The Morgan fingerprint density at radius 2 is 2.12 bits per heavy atom. The van der Waals surface area contributed by atoms with Crippen LogP contribution >= 0.6 is 12.6 Å². The largest absolute Gasteiger partial charge is 0.352 e. The molecule has 1 aliphatic carbocycles. The Balaban J connectivity index is 1.76. The summed E-state index contributed by atoms with van der Waals surface area (Å²) in [5.41, 5.74) is 1.28. The predicted octanol–water partition coefficient (Wildman–Crippen LogP) is 1.80. The summed E-state index contributed by atoms with van der Waals surface area (Å²) in [4.78, 5) is 15.6. The van der Waals surface area contributed by atoms with Crippen molar-refractivity contribution in [1.82, 2.24) is 10.3 Å². The Kier molecular flexibility index (Phi) is 3.49. The smallest absolute Gasteiger partial charge is 0.220 e. The summed E-state index contributed by atoms with van der Waals surface area (Å²) in [6, 6.07) is 3.82. The molecular weight excluding hydrogens is 220 g/mol. The average molecular weight is 236 g/mol. The zero-order valence-electron chi connectivity index (χ0n) is 9.15. The fraction of sp³-hybridized carbons (Fsp3) is 0.500. The summed E-state index contributed by atoms with van der Waals surface area (Å²) in [6.45, 7) is 0.587. The van der Waals surface area contributed by atoms with Crippen LogP contribution in [0.4, 0.5) is 0 Å². The number of amides is 1. The van der Waals surface area contributed by atoms with E-state index in [4.69, 9.17) is 0 Å². The van der Waals surface area contributed by atoms with Crippen molar-refractivity contribution in [2.75, 3.05) is 5.75 Å². The van der Waals surface area contributed by atoms with Crippen molar-refractivity contribution in [3.8, 4) is 0 Å². The number of nitrogens with one attached hydrogen (secondary N) is 1. The third kappa shape index (κ3) is 2.98. The molecule has 3 nitrogen and oxygen atoms in total. The Hall–Kier alpha value is -1.03. The molecule has 0 saturated heterocycles. The summed E-state index contributed by atoms with van der Waals surface area (Å²) < 4.78 is 0. The van der Waals surface area contributed by atoms with Gasteiger partial charge in [0, 0.05) is 25.4 Å². The molecule has 1 N–H and O–H groups in total. The van der Waals surface area contributed by atoms with E-state index in [0.29, 0.717) is 13.0 Å². The van der Waals surface area contributed by atoms with Crippen molar-refractivity contribution in [2.24, 2.45) is 5.41 Å². The van der Waals surface area contributed by atoms with Gasteiger partial charge in [0.2, 0.25) is 5.91 Å². The number of carbonyl (C=O) groups excluding carboxylic acids is 1. The van der Waals surface area contributed by atoms with Crippen LogP contribution in [-0.2, 0) is 11.3 Å². The van der Waals surface area contributed by atoms with Gasteiger partial charge in [-0.2, -0.15) is 12.6 Å². The van der Waals surface area contributed by atoms with Crippen LogP contribution in [0.2, 0.25) is 0 Å². The fourth-order valence-corrected chi connectivity index (χ4v) is 2.10. The summed E-state index contributed by atoms with van der Waals surface area (Å²) in [6.07, 6.45) is 6.36. The van der Waals surface area contributed by atoms with Crippen molar-refractivity contribution < 1.29 is 4.79 Å². The van der Waals surface area contributed by atoms with Gasteiger partial charge in [-0.25, -0.2) is 0 Å². The minimum atomic E-state index is 0.128. The van der Waals surface area contributed by atoms with Gasteiger partial charge in [0.25, 0.3) is 0 Å². The molecule has 0 aromatic carbocycles. The number of carbonyl (C=O) groups is 1. The summed E-state index contributed by atoms with van der Waals surface area (Å²) in [7, 11) is 0. The van der Waals surface area contributed by atoms with Gasteiger partial charge >= 0.3 is 0 Å². The molecule has 1 aromatic heterocycles.